The lowest BCUT2D eigenvalue weighted by Crippen LogP contribution is -2.61. The van der Waals surface area contributed by atoms with E-state index in [0.717, 1.165) is 10.5 Å². The predicted molar refractivity (Wildman–Crippen MR) is 118 cm³/mol. The van der Waals surface area contributed by atoms with Gasteiger partial charge in [0.25, 0.3) is 0 Å². The van der Waals surface area contributed by atoms with Gasteiger partial charge in [-0.05, 0) is 48.6 Å². The number of aromatic hydroxyl groups is 1. The van der Waals surface area contributed by atoms with Crippen LogP contribution in [-0.2, 0) is 16.0 Å². The summed E-state index contributed by atoms with van der Waals surface area (Å²) in [7, 11) is 0. The SMILES string of the molecule is CSc1cccc(NC(=O)N[C@H]2C[C@H]3C(=O)N[C@@H](Cc4ccc(O)cc4)C(=O)N3C2)c1. The van der Waals surface area contributed by atoms with E-state index in [1.54, 1.807) is 40.9 Å². The second-order valence-corrected chi connectivity index (χ2v) is 8.58. The first-order valence-corrected chi connectivity index (χ1v) is 11.3. The van der Waals surface area contributed by atoms with E-state index in [9.17, 15) is 19.5 Å². The number of fused-ring (bicyclic) bond motifs is 1. The molecule has 4 rings (SSSR count). The minimum Gasteiger partial charge on any atom is -0.508 e. The van der Waals surface area contributed by atoms with Crippen LogP contribution in [0.25, 0.3) is 0 Å². The van der Waals surface area contributed by atoms with E-state index >= 15 is 0 Å². The number of carbonyl (C=O) groups excluding carboxylic acids is 3. The van der Waals surface area contributed by atoms with Crippen LogP contribution in [0.4, 0.5) is 10.5 Å². The summed E-state index contributed by atoms with van der Waals surface area (Å²) in [5.41, 5.74) is 1.53. The summed E-state index contributed by atoms with van der Waals surface area (Å²) in [5.74, 6) is -0.217. The maximum absolute atomic E-state index is 12.9. The lowest BCUT2D eigenvalue weighted by atomic mass is 10.0. The molecule has 2 fully saturated rings. The van der Waals surface area contributed by atoms with E-state index in [2.05, 4.69) is 16.0 Å². The number of phenolic OH excluding ortho intramolecular Hbond substituents is 1. The van der Waals surface area contributed by atoms with Gasteiger partial charge in [-0.25, -0.2) is 4.79 Å². The summed E-state index contributed by atoms with van der Waals surface area (Å²) in [6.07, 6.45) is 2.69. The Bertz CT molecular complexity index is 997. The number of thioether (sulfide) groups is 1. The molecule has 0 unspecified atom stereocenters. The first-order chi connectivity index (χ1) is 14.9. The standard InChI is InChI=1S/C22H24N4O4S/c1-31-17-4-2-3-14(10-17)23-22(30)24-15-11-19-20(28)25-18(21(29)26(19)12-15)9-13-5-7-16(27)8-6-13/h2-8,10,15,18-19,27H,9,11-12H2,1H3,(H,25,28)(H2,23,24,30)/t15-,18-,19-/m0/s1. The zero-order valence-corrected chi connectivity index (χ0v) is 17.8. The fourth-order valence-electron chi connectivity index (χ4n) is 4.02. The highest BCUT2D eigenvalue weighted by Gasteiger charge is 2.46. The molecule has 2 aromatic rings. The number of amides is 4. The first kappa shape index (κ1) is 21.0. The number of rotatable bonds is 5. The van der Waals surface area contributed by atoms with Crippen LogP contribution in [-0.4, -0.2) is 58.8 Å². The van der Waals surface area contributed by atoms with Crippen molar-refractivity contribution in [3.8, 4) is 5.75 Å². The maximum Gasteiger partial charge on any atom is 0.319 e. The van der Waals surface area contributed by atoms with E-state index in [4.69, 9.17) is 0 Å². The summed E-state index contributed by atoms with van der Waals surface area (Å²) in [6.45, 7) is 0.293. The fourth-order valence-corrected chi connectivity index (χ4v) is 4.48. The summed E-state index contributed by atoms with van der Waals surface area (Å²) in [6, 6.07) is 12.2. The third kappa shape index (κ3) is 4.77. The van der Waals surface area contributed by atoms with Crippen LogP contribution >= 0.6 is 11.8 Å². The van der Waals surface area contributed by atoms with Gasteiger partial charge in [0, 0.05) is 23.5 Å². The molecule has 0 bridgehead atoms. The highest BCUT2D eigenvalue weighted by Crippen LogP contribution is 2.25. The largest absolute Gasteiger partial charge is 0.508 e. The number of anilines is 1. The average molecular weight is 441 g/mol. The van der Waals surface area contributed by atoms with Crippen molar-refractivity contribution in [1.82, 2.24) is 15.5 Å². The normalized spacial score (nSPS) is 22.6. The highest BCUT2D eigenvalue weighted by atomic mass is 32.2. The summed E-state index contributed by atoms with van der Waals surface area (Å²) < 4.78 is 0. The van der Waals surface area contributed by atoms with Crippen molar-refractivity contribution in [2.24, 2.45) is 0 Å². The van der Waals surface area contributed by atoms with Crippen LogP contribution in [0.2, 0.25) is 0 Å². The van der Waals surface area contributed by atoms with Gasteiger partial charge in [0.1, 0.15) is 17.8 Å². The average Bonchev–Trinajstić information content (AvgIpc) is 3.18. The molecule has 3 atom stereocenters. The number of nitrogens with zero attached hydrogens (tertiary/aromatic N) is 1. The molecular formula is C22H24N4O4S. The monoisotopic (exact) mass is 440 g/mol. The van der Waals surface area contributed by atoms with E-state index in [-0.39, 0.29) is 29.6 Å². The van der Waals surface area contributed by atoms with Gasteiger partial charge in [-0.2, -0.15) is 0 Å². The van der Waals surface area contributed by atoms with Gasteiger partial charge in [0.2, 0.25) is 11.8 Å². The van der Waals surface area contributed by atoms with Gasteiger partial charge in [0.05, 0.1) is 6.04 Å². The van der Waals surface area contributed by atoms with Crippen LogP contribution in [0.3, 0.4) is 0 Å². The van der Waals surface area contributed by atoms with E-state index in [1.165, 1.54) is 0 Å². The Morgan fingerprint density at radius 1 is 1.23 bits per heavy atom. The van der Waals surface area contributed by atoms with Gasteiger partial charge < -0.3 is 26.0 Å². The van der Waals surface area contributed by atoms with Crippen molar-refractivity contribution in [2.75, 3.05) is 18.1 Å². The predicted octanol–water partition coefficient (Wildman–Crippen LogP) is 1.95. The molecule has 0 aliphatic carbocycles. The van der Waals surface area contributed by atoms with Crippen molar-refractivity contribution in [3.05, 3.63) is 54.1 Å². The molecule has 0 spiro atoms. The molecule has 0 aromatic heterocycles. The Morgan fingerprint density at radius 3 is 2.74 bits per heavy atom. The van der Waals surface area contributed by atoms with Gasteiger partial charge in [-0.1, -0.05) is 18.2 Å². The maximum atomic E-state index is 12.9. The van der Waals surface area contributed by atoms with Crippen LogP contribution in [0.5, 0.6) is 5.75 Å². The molecule has 2 aliphatic heterocycles. The molecule has 2 saturated heterocycles. The van der Waals surface area contributed by atoms with Crippen LogP contribution in [0, 0.1) is 0 Å². The quantitative estimate of drug-likeness (QED) is 0.531. The van der Waals surface area contributed by atoms with E-state index in [1.807, 2.05) is 30.5 Å². The smallest absolute Gasteiger partial charge is 0.319 e. The molecule has 2 aromatic carbocycles. The fraction of sp³-hybridized carbons (Fsp3) is 0.318. The molecule has 4 N–H and O–H groups in total. The van der Waals surface area contributed by atoms with Crippen LogP contribution < -0.4 is 16.0 Å². The van der Waals surface area contributed by atoms with Gasteiger partial charge >= 0.3 is 6.03 Å². The number of nitrogens with one attached hydrogen (secondary N) is 3. The van der Waals surface area contributed by atoms with Gasteiger partial charge in [0.15, 0.2) is 0 Å². The second-order valence-electron chi connectivity index (χ2n) is 7.70. The lowest BCUT2D eigenvalue weighted by molar-refractivity contribution is -0.147. The molecule has 0 saturated carbocycles. The third-order valence-corrected chi connectivity index (χ3v) is 6.27. The number of piperazine rings is 1. The molecule has 2 heterocycles. The zero-order chi connectivity index (χ0) is 22.0. The van der Waals surface area contributed by atoms with Gasteiger partial charge in [-0.15, -0.1) is 11.8 Å². The first-order valence-electron chi connectivity index (χ1n) is 10.0. The molecular weight excluding hydrogens is 416 g/mol. The minimum absolute atomic E-state index is 0.148. The molecule has 2 aliphatic rings. The number of carbonyl (C=O) groups is 3. The Kier molecular flexibility index (Phi) is 6.03. The number of benzene rings is 2. The number of phenols is 1. The van der Waals surface area contributed by atoms with Crippen LogP contribution in [0.1, 0.15) is 12.0 Å². The molecule has 162 valence electrons. The Balaban J connectivity index is 1.36. The highest BCUT2D eigenvalue weighted by molar-refractivity contribution is 7.98. The zero-order valence-electron chi connectivity index (χ0n) is 17.0. The van der Waals surface area contributed by atoms with Crippen LogP contribution in [0.15, 0.2) is 53.4 Å². The Morgan fingerprint density at radius 2 is 2.00 bits per heavy atom. The third-order valence-electron chi connectivity index (χ3n) is 5.54. The van der Waals surface area contributed by atoms with Crippen molar-refractivity contribution < 1.29 is 19.5 Å². The Hall–Kier alpha value is -3.20. The summed E-state index contributed by atoms with van der Waals surface area (Å²) in [4.78, 5) is 40.6. The van der Waals surface area contributed by atoms with Crippen molar-refractivity contribution >= 4 is 35.3 Å². The molecule has 8 nitrogen and oxygen atoms in total. The molecule has 31 heavy (non-hydrogen) atoms. The number of hydrogen-bond donors (Lipinski definition) is 4. The number of urea groups is 1. The molecule has 0 radical (unpaired) electrons. The lowest BCUT2D eigenvalue weighted by Gasteiger charge is -2.34. The van der Waals surface area contributed by atoms with Crippen molar-refractivity contribution in [3.63, 3.8) is 0 Å². The topological polar surface area (TPSA) is 111 Å². The molecule has 9 heteroatoms. The number of hydrogen-bond acceptors (Lipinski definition) is 5. The van der Waals surface area contributed by atoms with Gasteiger partial charge in [-0.3, -0.25) is 9.59 Å². The Labute approximate surface area is 184 Å². The van der Waals surface area contributed by atoms with E-state index < -0.39 is 12.1 Å². The molecule has 4 amide bonds. The summed E-state index contributed by atoms with van der Waals surface area (Å²) >= 11 is 1.59. The van der Waals surface area contributed by atoms with Crippen molar-refractivity contribution in [1.29, 1.82) is 0 Å². The second kappa shape index (κ2) is 8.89. The van der Waals surface area contributed by atoms with Crippen molar-refractivity contribution in [2.45, 2.75) is 35.9 Å². The summed E-state index contributed by atoms with van der Waals surface area (Å²) in [5, 5.41) is 17.9. The minimum atomic E-state index is -0.657. The van der Waals surface area contributed by atoms with E-state index in [0.29, 0.717) is 25.1 Å².